The third-order valence-corrected chi connectivity index (χ3v) is 5.10. The molecule has 136 valence electrons. The van der Waals surface area contributed by atoms with Gasteiger partial charge in [-0.05, 0) is 60.1 Å². The molecule has 0 bridgehead atoms. The van der Waals surface area contributed by atoms with Crippen LogP contribution in [0.15, 0.2) is 18.5 Å². The molecule has 1 aromatic rings. The van der Waals surface area contributed by atoms with E-state index in [-0.39, 0.29) is 10.8 Å². The van der Waals surface area contributed by atoms with Gasteiger partial charge in [-0.25, -0.2) is 4.79 Å². The zero-order valence-corrected chi connectivity index (χ0v) is 16.7. The van der Waals surface area contributed by atoms with Crippen LogP contribution in [0.2, 0.25) is 0 Å². The monoisotopic (exact) mass is 355 g/mol. The van der Waals surface area contributed by atoms with Gasteiger partial charge in [0.1, 0.15) is 10.3 Å². The first-order chi connectivity index (χ1) is 10.8. The number of amides is 1. The minimum atomic E-state index is -1.15. The van der Waals surface area contributed by atoms with Crippen LogP contribution in [0, 0.1) is 0 Å². The van der Waals surface area contributed by atoms with Crippen molar-refractivity contribution < 1.29 is 14.1 Å². The van der Waals surface area contributed by atoms with Crippen LogP contribution in [-0.2, 0) is 16.1 Å². The number of hydrogen-bond donors (Lipinski definition) is 1. The molecule has 2 atom stereocenters. The molecule has 0 aromatic carbocycles. The number of pyridine rings is 1. The van der Waals surface area contributed by atoms with Crippen molar-refractivity contribution in [2.75, 3.05) is 12.4 Å². The number of aromatic nitrogens is 1. The summed E-state index contributed by atoms with van der Waals surface area (Å²) in [6, 6.07) is 1.70. The van der Waals surface area contributed by atoms with Gasteiger partial charge in [0.15, 0.2) is 0 Å². The average molecular weight is 356 g/mol. The molecule has 1 N–H and O–H groups in total. The highest BCUT2D eigenvalue weighted by Gasteiger charge is 2.34. The van der Waals surface area contributed by atoms with Gasteiger partial charge in [0.2, 0.25) is 0 Å². The van der Waals surface area contributed by atoms with Crippen molar-refractivity contribution in [3.63, 3.8) is 0 Å². The Hall–Kier alpha value is -1.31. The van der Waals surface area contributed by atoms with Gasteiger partial charge >= 0.3 is 6.09 Å². The van der Waals surface area contributed by atoms with Gasteiger partial charge in [-0.1, -0.05) is 0 Å². The molecule has 24 heavy (non-hydrogen) atoms. The van der Waals surface area contributed by atoms with E-state index in [9.17, 15) is 9.35 Å². The molecule has 0 fully saturated rings. The van der Waals surface area contributed by atoms with Crippen LogP contribution >= 0.6 is 0 Å². The van der Waals surface area contributed by atoms with Crippen molar-refractivity contribution in [3.8, 4) is 0 Å². The zero-order chi connectivity index (χ0) is 18.7. The number of nitrogens with zero attached hydrogens (tertiary/aromatic N) is 2. The quantitative estimate of drug-likeness (QED) is 0.829. The van der Waals surface area contributed by atoms with Crippen LogP contribution in [0.1, 0.15) is 60.1 Å². The summed E-state index contributed by atoms with van der Waals surface area (Å²) in [5.41, 5.74) is 0.846. The molecule has 0 saturated carbocycles. The highest BCUT2D eigenvalue weighted by Crippen LogP contribution is 2.28. The Labute approximate surface area is 148 Å². The molecular formula is C17H29N3O3S. The lowest BCUT2D eigenvalue weighted by atomic mass is 10.1. The van der Waals surface area contributed by atoms with Gasteiger partial charge in [0.25, 0.3) is 0 Å². The lowest BCUT2D eigenvalue weighted by Crippen LogP contribution is -2.41. The number of carbonyl (C=O) groups excluding carboxylic acids is 1. The molecule has 2 unspecified atom stereocenters. The van der Waals surface area contributed by atoms with E-state index in [1.165, 1.54) is 0 Å². The maximum atomic E-state index is 12.5. The van der Waals surface area contributed by atoms with Gasteiger partial charge in [-0.3, -0.25) is 10.3 Å². The topological polar surface area (TPSA) is 77.5 Å². The van der Waals surface area contributed by atoms with Crippen molar-refractivity contribution in [3.05, 3.63) is 24.0 Å². The average Bonchev–Trinajstić information content (AvgIpc) is 2.42. The SMILES string of the molecule is CC(c1cncc(NC(=O)OC(C)(C)C)c1)N(C)[S+]([O-])C(C)(C)C. The third-order valence-electron chi connectivity index (χ3n) is 3.22. The van der Waals surface area contributed by atoms with E-state index in [2.05, 4.69) is 10.3 Å². The van der Waals surface area contributed by atoms with Crippen molar-refractivity contribution in [2.24, 2.45) is 0 Å². The smallest absolute Gasteiger partial charge is 0.412 e. The first-order valence-corrected chi connectivity index (χ1v) is 9.02. The van der Waals surface area contributed by atoms with Gasteiger partial charge < -0.3 is 9.29 Å². The molecule has 1 aromatic heterocycles. The van der Waals surface area contributed by atoms with Gasteiger partial charge in [0, 0.05) is 24.6 Å². The van der Waals surface area contributed by atoms with Crippen LogP contribution in [0.25, 0.3) is 0 Å². The van der Waals surface area contributed by atoms with E-state index in [4.69, 9.17) is 4.74 Å². The predicted octanol–water partition coefficient (Wildman–Crippen LogP) is 3.88. The molecular weight excluding hydrogens is 326 g/mol. The summed E-state index contributed by atoms with van der Waals surface area (Å²) in [5.74, 6) is 0. The molecule has 0 saturated heterocycles. The van der Waals surface area contributed by atoms with E-state index >= 15 is 0 Å². The Bertz CT molecular complexity index is 567. The van der Waals surface area contributed by atoms with E-state index in [1.54, 1.807) is 37.5 Å². The Morgan fingerprint density at radius 2 is 1.88 bits per heavy atom. The van der Waals surface area contributed by atoms with Crippen LogP contribution in [-0.4, -0.2) is 37.3 Å². The molecule has 0 aliphatic carbocycles. The van der Waals surface area contributed by atoms with Gasteiger partial charge in [0.05, 0.1) is 17.9 Å². The van der Waals surface area contributed by atoms with Gasteiger partial charge in [-0.2, -0.15) is 0 Å². The van der Waals surface area contributed by atoms with Gasteiger partial charge in [-0.15, -0.1) is 4.31 Å². The lowest BCUT2D eigenvalue weighted by Gasteiger charge is -2.33. The van der Waals surface area contributed by atoms with Crippen LogP contribution in [0.4, 0.5) is 10.5 Å². The third kappa shape index (κ3) is 6.30. The summed E-state index contributed by atoms with van der Waals surface area (Å²) >= 11 is -1.15. The zero-order valence-electron chi connectivity index (χ0n) is 15.8. The molecule has 1 amide bonds. The molecule has 0 radical (unpaired) electrons. The highest BCUT2D eigenvalue weighted by molar-refractivity contribution is 7.90. The van der Waals surface area contributed by atoms with Crippen LogP contribution < -0.4 is 5.32 Å². The number of anilines is 1. The Morgan fingerprint density at radius 1 is 1.29 bits per heavy atom. The molecule has 0 aliphatic rings. The first-order valence-electron chi connectivity index (χ1n) is 7.91. The maximum absolute atomic E-state index is 12.5. The second kappa shape index (κ2) is 7.72. The summed E-state index contributed by atoms with van der Waals surface area (Å²) < 4.78 is 19.2. The fourth-order valence-corrected chi connectivity index (χ4v) is 3.23. The van der Waals surface area contributed by atoms with E-state index in [0.29, 0.717) is 5.69 Å². The normalized spacial score (nSPS) is 15.1. The van der Waals surface area contributed by atoms with Crippen molar-refractivity contribution >= 4 is 23.1 Å². The van der Waals surface area contributed by atoms with Crippen molar-refractivity contribution in [1.29, 1.82) is 0 Å². The van der Waals surface area contributed by atoms with Crippen molar-refractivity contribution in [2.45, 2.75) is 64.9 Å². The largest absolute Gasteiger partial charge is 0.597 e. The molecule has 0 spiro atoms. The number of ether oxygens (including phenoxy) is 1. The molecule has 0 aliphatic heterocycles. The highest BCUT2D eigenvalue weighted by atomic mass is 32.2. The summed E-state index contributed by atoms with van der Waals surface area (Å²) in [6.07, 6.45) is 2.74. The molecule has 6 nitrogen and oxygen atoms in total. The second-order valence-corrected chi connectivity index (χ2v) is 10.0. The van der Waals surface area contributed by atoms with Crippen LogP contribution in [0.3, 0.4) is 0 Å². The second-order valence-electron chi connectivity index (χ2n) is 7.72. The predicted molar refractivity (Wildman–Crippen MR) is 98.2 cm³/mol. The standard InChI is InChI=1S/C17H29N3O3S/c1-12(20(8)24(22)17(5,6)7)13-9-14(11-18-10-13)19-15(21)23-16(2,3)4/h9-12H,1-8H3,(H,19,21). The molecule has 7 heteroatoms. The Balaban J connectivity index is 2.86. The van der Waals surface area contributed by atoms with E-state index in [1.807, 2.05) is 40.8 Å². The van der Waals surface area contributed by atoms with Crippen LogP contribution in [0.5, 0.6) is 0 Å². The summed E-state index contributed by atoms with van der Waals surface area (Å²) in [7, 11) is 1.82. The Morgan fingerprint density at radius 3 is 2.38 bits per heavy atom. The summed E-state index contributed by atoms with van der Waals surface area (Å²) in [5, 5.41) is 2.67. The number of carbonyl (C=O) groups is 1. The molecule has 1 rings (SSSR count). The van der Waals surface area contributed by atoms with E-state index in [0.717, 1.165) is 5.56 Å². The fourth-order valence-electron chi connectivity index (χ4n) is 1.96. The lowest BCUT2D eigenvalue weighted by molar-refractivity contribution is 0.0636. The summed E-state index contributed by atoms with van der Waals surface area (Å²) in [6.45, 7) is 13.2. The van der Waals surface area contributed by atoms with Crippen molar-refractivity contribution in [1.82, 2.24) is 9.29 Å². The summed E-state index contributed by atoms with van der Waals surface area (Å²) in [4.78, 5) is 16.0. The maximum Gasteiger partial charge on any atom is 0.412 e. The Kier molecular flexibility index (Phi) is 6.67. The first kappa shape index (κ1) is 20.7. The minimum absolute atomic E-state index is 0.113. The number of nitrogens with one attached hydrogen (secondary N) is 1. The number of rotatable bonds is 4. The molecule has 1 heterocycles. The minimum Gasteiger partial charge on any atom is -0.597 e. The fraction of sp³-hybridized carbons (Fsp3) is 0.647. The number of hydrogen-bond acceptors (Lipinski definition) is 5. The van der Waals surface area contributed by atoms with E-state index < -0.39 is 23.1 Å².